The molecule has 2 aromatic carbocycles. The molecule has 0 saturated carbocycles. The summed E-state index contributed by atoms with van der Waals surface area (Å²) in [7, 11) is 0. The minimum absolute atomic E-state index is 0.0902. The summed E-state index contributed by atoms with van der Waals surface area (Å²) >= 11 is 1.63. The molecule has 1 N–H and O–H groups in total. The molecule has 0 spiro atoms. The summed E-state index contributed by atoms with van der Waals surface area (Å²) < 4.78 is 13.9. The van der Waals surface area contributed by atoms with E-state index in [1.807, 2.05) is 12.1 Å². The Morgan fingerprint density at radius 3 is 2.81 bits per heavy atom. The number of hydrogen-bond donors (Lipinski definition) is 1. The Morgan fingerprint density at radius 1 is 1.19 bits per heavy atom. The molecule has 1 aliphatic heterocycles. The summed E-state index contributed by atoms with van der Waals surface area (Å²) in [4.78, 5) is 0.818. The van der Waals surface area contributed by atoms with Crippen molar-refractivity contribution in [1.29, 1.82) is 0 Å². The van der Waals surface area contributed by atoms with Gasteiger partial charge in [0.1, 0.15) is 5.82 Å². The van der Waals surface area contributed by atoms with E-state index < -0.39 is 0 Å². The average Bonchev–Trinajstić information content (AvgIpc) is 2.49. The highest BCUT2D eigenvalue weighted by molar-refractivity contribution is 7.99. The van der Waals surface area contributed by atoms with Gasteiger partial charge >= 0.3 is 0 Å². The highest BCUT2D eigenvalue weighted by atomic mass is 32.2. The first-order chi connectivity index (χ1) is 10.2. The van der Waals surface area contributed by atoms with Gasteiger partial charge in [0.2, 0.25) is 0 Å². The highest BCUT2D eigenvalue weighted by Crippen LogP contribution is 2.38. The molecule has 3 heteroatoms. The smallest absolute Gasteiger partial charge is 0.137 e. The molecule has 0 radical (unpaired) electrons. The molecule has 1 heterocycles. The quantitative estimate of drug-likeness (QED) is 0.854. The van der Waals surface area contributed by atoms with Crippen LogP contribution in [0, 0.1) is 12.7 Å². The zero-order valence-corrected chi connectivity index (χ0v) is 13.2. The molecule has 0 amide bonds. The van der Waals surface area contributed by atoms with E-state index in [0.29, 0.717) is 0 Å². The van der Waals surface area contributed by atoms with Crippen molar-refractivity contribution in [2.45, 2.75) is 37.2 Å². The Balaban J connectivity index is 1.84. The summed E-state index contributed by atoms with van der Waals surface area (Å²) in [6, 6.07) is 14.3. The van der Waals surface area contributed by atoms with Crippen molar-refractivity contribution in [2.75, 3.05) is 5.75 Å². The molecule has 110 valence electrons. The van der Waals surface area contributed by atoms with Crippen LogP contribution >= 0.6 is 11.8 Å². The first-order valence-corrected chi connectivity index (χ1v) is 8.38. The lowest BCUT2D eigenvalue weighted by molar-refractivity contribution is 0.443. The van der Waals surface area contributed by atoms with Gasteiger partial charge in [-0.15, -0.1) is 11.8 Å². The molecular weight excluding hydrogens is 281 g/mol. The van der Waals surface area contributed by atoms with Gasteiger partial charge in [0.25, 0.3) is 0 Å². The number of aryl methyl sites for hydroxylation is 1. The Bertz CT molecular complexity index is 641. The van der Waals surface area contributed by atoms with Crippen LogP contribution in [0.3, 0.4) is 0 Å². The number of halogens is 1. The van der Waals surface area contributed by atoms with Crippen molar-refractivity contribution in [3.63, 3.8) is 0 Å². The fourth-order valence-corrected chi connectivity index (χ4v) is 4.16. The van der Waals surface area contributed by atoms with Gasteiger partial charge in [0.05, 0.1) is 0 Å². The van der Waals surface area contributed by atoms with Gasteiger partial charge in [0, 0.05) is 17.0 Å². The Kier molecular flexibility index (Phi) is 4.32. The van der Waals surface area contributed by atoms with Crippen LogP contribution in [0.15, 0.2) is 47.4 Å². The van der Waals surface area contributed by atoms with Crippen molar-refractivity contribution in [3.05, 3.63) is 65.0 Å². The number of rotatable bonds is 3. The third kappa shape index (κ3) is 2.99. The largest absolute Gasteiger partial charge is 0.303 e. The van der Waals surface area contributed by atoms with Gasteiger partial charge in [-0.25, -0.2) is 4.39 Å². The van der Waals surface area contributed by atoms with Crippen LogP contribution in [0.25, 0.3) is 0 Å². The van der Waals surface area contributed by atoms with Gasteiger partial charge in [0.15, 0.2) is 0 Å². The van der Waals surface area contributed by atoms with Gasteiger partial charge in [-0.1, -0.05) is 36.4 Å². The van der Waals surface area contributed by atoms with Gasteiger partial charge in [-0.3, -0.25) is 0 Å². The maximum absolute atomic E-state index is 13.9. The summed E-state index contributed by atoms with van der Waals surface area (Å²) in [5, 5.41) is 3.68. The third-order valence-electron chi connectivity index (χ3n) is 4.13. The minimum atomic E-state index is -0.0902. The van der Waals surface area contributed by atoms with Crippen molar-refractivity contribution >= 4 is 11.8 Å². The first-order valence-electron chi connectivity index (χ1n) is 7.39. The van der Waals surface area contributed by atoms with Crippen molar-refractivity contribution in [3.8, 4) is 0 Å². The zero-order chi connectivity index (χ0) is 14.8. The maximum Gasteiger partial charge on any atom is 0.137 e. The van der Waals surface area contributed by atoms with Crippen LogP contribution in [0.2, 0.25) is 0 Å². The molecular formula is C18H20FNS. The van der Waals surface area contributed by atoms with E-state index in [1.165, 1.54) is 11.1 Å². The lowest BCUT2D eigenvalue weighted by Gasteiger charge is -2.29. The molecule has 1 aliphatic rings. The topological polar surface area (TPSA) is 12.0 Å². The summed E-state index contributed by atoms with van der Waals surface area (Å²) in [5.74, 6) is 0.874. The average molecular weight is 301 g/mol. The van der Waals surface area contributed by atoms with Crippen LogP contribution in [-0.4, -0.2) is 5.75 Å². The molecule has 21 heavy (non-hydrogen) atoms. The predicted molar refractivity (Wildman–Crippen MR) is 87.2 cm³/mol. The third-order valence-corrected chi connectivity index (χ3v) is 5.29. The van der Waals surface area contributed by atoms with Crippen LogP contribution in [0.1, 0.15) is 42.1 Å². The van der Waals surface area contributed by atoms with Crippen molar-refractivity contribution < 1.29 is 4.39 Å². The Morgan fingerprint density at radius 2 is 2.00 bits per heavy atom. The molecule has 1 nitrogen and oxygen atoms in total. The van der Waals surface area contributed by atoms with Crippen LogP contribution in [0.4, 0.5) is 4.39 Å². The number of benzene rings is 2. The number of fused-ring (bicyclic) bond motifs is 1. The SMILES string of the molecule is Cc1ccccc1C(C)NC1CCSc2c(F)cccc21. The molecule has 2 aromatic rings. The normalized spacial score (nSPS) is 19.1. The van der Waals surface area contributed by atoms with Crippen LogP contribution in [0.5, 0.6) is 0 Å². The first kappa shape index (κ1) is 14.6. The van der Waals surface area contributed by atoms with E-state index in [0.717, 1.165) is 22.6 Å². The Labute approximate surface area is 130 Å². The van der Waals surface area contributed by atoms with Crippen molar-refractivity contribution in [2.24, 2.45) is 0 Å². The summed E-state index contributed by atoms with van der Waals surface area (Å²) in [6.07, 6.45) is 1.04. The molecule has 0 fully saturated rings. The van der Waals surface area contributed by atoms with Gasteiger partial charge in [-0.2, -0.15) is 0 Å². The summed E-state index contributed by atoms with van der Waals surface area (Å²) in [6.45, 7) is 4.32. The number of hydrogen-bond acceptors (Lipinski definition) is 2. The Hall–Kier alpha value is -1.32. The molecule has 3 rings (SSSR count). The molecule has 0 aromatic heterocycles. The standard InChI is InChI=1S/C18H20FNS/c1-12-6-3-4-7-14(12)13(2)20-17-10-11-21-18-15(17)8-5-9-16(18)19/h3-9,13,17,20H,10-11H2,1-2H3. The van der Waals surface area contributed by atoms with Crippen molar-refractivity contribution in [1.82, 2.24) is 5.32 Å². The maximum atomic E-state index is 13.9. The van der Waals surface area contributed by atoms with E-state index in [2.05, 4.69) is 43.4 Å². The van der Waals surface area contributed by atoms with E-state index in [1.54, 1.807) is 17.8 Å². The second kappa shape index (κ2) is 6.20. The lowest BCUT2D eigenvalue weighted by Crippen LogP contribution is -2.28. The monoisotopic (exact) mass is 301 g/mol. The highest BCUT2D eigenvalue weighted by Gasteiger charge is 2.24. The fourth-order valence-electron chi connectivity index (χ4n) is 3.02. The second-order valence-electron chi connectivity index (χ2n) is 5.59. The number of nitrogens with one attached hydrogen (secondary N) is 1. The van der Waals surface area contributed by atoms with Crippen LogP contribution in [-0.2, 0) is 0 Å². The van der Waals surface area contributed by atoms with E-state index in [9.17, 15) is 4.39 Å². The molecule has 2 atom stereocenters. The molecule has 2 unspecified atom stereocenters. The van der Waals surface area contributed by atoms with E-state index >= 15 is 0 Å². The van der Waals surface area contributed by atoms with Gasteiger partial charge < -0.3 is 5.32 Å². The fraction of sp³-hybridized carbons (Fsp3) is 0.333. The molecule has 0 saturated heterocycles. The molecule has 0 aliphatic carbocycles. The number of thioether (sulfide) groups is 1. The minimum Gasteiger partial charge on any atom is -0.303 e. The predicted octanol–water partition coefficient (Wildman–Crippen LogP) is 5.02. The van der Waals surface area contributed by atoms with E-state index in [4.69, 9.17) is 0 Å². The van der Waals surface area contributed by atoms with E-state index in [-0.39, 0.29) is 17.9 Å². The van der Waals surface area contributed by atoms with Crippen LogP contribution < -0.4 is 5.32 Å². The second-order valence-corrected chi connectivity index (χ2v) is 6.70. The lowest BCUT2D eigenvalue weighted by atomic mass is 9.98. The summed E-state index contributed by atoms with van der Waals surface area (Å²) in [5.41, 5.74) is 3.71. The van der Waals surface area contributed by atoms with Gasteiger partial charge in [-0.05, 0) is 48.8 Å². The molecule has 0 bridgehead atoms. The zero-order valence-electron chi connectivity index (χ0n) is 12.4.